The van der Waals surface area contributed by atoms with E-state index in [0.29, 0.717) is 24.6 Å². The van der Waals surface area contributed by atoms with Crippen molar-refractivity contribution in [3.8, 4) is 0 Å². The van der Waals surface area contributed by atoms with Gasteiger partial charge in [0, 0.05) is 19.0 Å². The number of likely N-dealkylation sites (tertiary alicyclic amines) is 1. The topological polar surface area (TPSA) is 88.3 Å². The number of rotatable bonds is 2. The predicted octanol–water partition coefficient (Wildman–Crippen LogP) is 2.32. The predicted molar refractivity (Wildman–Crippen MR) is 97.0 cm³/mol. The third-order valence-corrected chi connectivity index (χ3v) is 4.55. The Bertz CT molecular complexity index is 776. The average Bonchev–Trinajstić information content (AvgIpc) is 2.65. The molecular weight excluding hydrogens is 316 g/mol. The normalized spacial score (nSPS) is 17.2. The molecule has 1 aromatic heterocycles. The molecule has 1 saturated heterocycles. The van der Waals surface area contributed by atoms with Gasteiger partial charge in [0.15, 0.2) is 0 Å². The molecule has 1 unspecified atom stereocenters. The third-order valence-electron chi connectivity index (χ3n) is 4.55. The summed E-state index contributed by atoms with van der Waals surface area (Å²) in [6.45, 7) is 2.97. The first-order valence-electron chi connectivity index (χ1n) is 8.42. The number of pyridine rings is 1. The monoisotopic (exact) mass is 338 g/mol. The van der Waals surface area contributed by atoms with Crippen molar-refractivity contribution in [3.63, 3.8) is 0 Å². The summed E-state index contributed by atoms with van der Waals surface area (Å²) in [6, 6.07) is 11.8. The number of aromatic nitrogens is 1. The molecule has 0 saturated carbocycles. The van der Waals surface area contributed by atoms with Crippen LogP contribution in [0.4, 0.5) is 11.5 Å². The fourth-order valence-electron chi connectivity index (χ4n) is 3.14. The molecule has 2 amide bonds. The molecule has 6 heteroatoms. The molecule has 2 heterocycles. The summed E-state index contributed by atoms with van der Waals surface area (Å²) < 4.78 is 0. The molecule has 0 spiro atoms. The van der Waals surface area contributed by atoms with Crippen molar-refractivity contribution in [1.82, 2.24) is 9.88 Å². The van der Waals surface area contributed by atoms with Crippen molar-refractivity contribution in [2.24, 2.45) is 0 Å². The van der Waals surface area contributed by atoms with Crippen LogP contribution in [0.3, 0.4) is 0 Å². The van der Waals surface area contributed by atoms with Gasteiger partial charge in [-0.25, -0.2) is 4.98 Å². The highest BCUT2D eigenvalue weighted by Crippen LogP contribution is 2.26. The summed E-state index contributed by atoms with van der Waals surface area (Å²) in [5.74, 6) is -0.465. The van der Waals surface area contributed by atoms with E-state index in [0.717, 1.165) is 18.4 Å². The summed E-state index contributed by atoms with van der Waals surface area (Å²) in [4.78, 5) is 30.4. The Hall–Kier alpha value is -2.89. The summed E-state index contributed by atoms with van der Waals surface area (Å²) in [5, 5.41) is 2.61. The van der Waals surface area contributed by atoms with Gasteiger partial charge < -0.3 is 16.0 Å². The van der Waals surface area contributed by atoms with Gasteiger partial charge in [0.05, 0.1) is 11.9 Å². The van der Waals surface area contributed by atoms with Crippen LogP contribution in [-0.2, 0) is 9.59 Å². The number of hydrogen-bond acceptors (Lipinski definition) is 4. The lowest BCUT2D eigenvalue weighted by molar-refractivity contribution is -0.144. The first-order chi connectivity index (χ1) is 12.0. The number of benzene rings is 1. The van der Waals surface area contributed by atoms with Crippen LogP contribution in [0.2, 0.25) is 0 Å². The van der Waals surface area contributed by atoms with Crippen molar-refractivity contribution < 1.29 is 9.59 Å². The number of amides is 2. The van der Waals surface area contributed by atoms with Gasteiger partial charge >= 0.3 is 11.8 Å². The van der Waals surface area contributed by atoms with Gasteiger partial charge in [-0.3, -0.25) is 9.59 Å². The molecule has 1 atom stereocenters. The maximum Gasteiger partial charge on any atom is 0.313 e. The zero-order chi connectivity index (χ0) is 17.8. The van der Waals surface area contributed by atoms with Gasteiger partial charge in [-0.1, -0.05) is 30.3 Å². The summed E-state index contributed by atoms with van der Waals surface area (Å²) in [6.07, 6.45) is 3.37. The fourth-order valence-corrected chi connectivity index (χ4v) is 3.14. The standard InChI is InChI=1S/C19H22N4O2/c1-13-10-16(11-21-17(13)20)22-18(24)19(25)23-9-5-8-15(12-23)14-6-3-2-4-7-14/h2-4,6-7,10-11,15H,5,8-9,12H2,1H3,(H2,20,21)(H,22,24). The van der Waals surface area contributed by atoms with Gasteiger partial charge in [-0.05, 0) is 37.0 Å². The number of piperidine rings is 1. The van der Waals surface area contributed by atoms with Crippen LogP contribution in [0.15, 0.2) is 42.6 Å². The van der Waals surface area contributed by atoms with Crippen LogP contribution in [-0.4, -0.2) is 34.8 Å². The molecule has 1 aliphatic rings. The van der Waals surface area contributed by atoms with E-state index in [-0.39, 0.29) is 5.92 Å². The maximum absolute atomic E-state index is 12.5. The Morgan fingerprint density at radius 3 is 2.76 bits per heavy atom. The number of nitrogen functional groups attached to an aromatic ring is 1. The molecule has 1 fully saturated rings. The Morgan fingerprint density at radius 2 is 2.04 bits per heavy atom. The van der Waals surface area contributed by atoms with E-state index in [1.807, 2.05) is 18.2 Å². The number of anilines is 2. The van der Waals surface area contributed by atoms with E-state index in [9.17, 15) is 9.59 Å². The largest absolute Gasteiger partial charge is 0.383 e. The third kappa shape index (κ3) is 3.96. The SMILES string of the molecule is Cc1cc(NC(=O)C(=O)N2CCCC(c3ccccc3)C2)cnc1N. The first-order valence-corrected chi connectivity index (χ1v) is 8.42. The van der Waals surface area contributed by atoms with E-state index in [2.05, 4.69) is 22.4 Å². The van der Waals surface area contributed by atoms with Gasteiger partial charge in [-0.2, -0.15) is 0 Å². The first kappa shape index (κ1) is 17.0. The molecule has 130 valence electrons. The lowest BCUT2D eigenvalue weighted by Crippen LogP contribution is -2.44. The molecular formula is C19H22N4O2. The molecule has 1 aliphatic heterocycles. The van der Waals surface area contributed by atoms with Crippen molar-refractivity contribution in [3.05, 3.63) is 53.7 Å². The highest BCUT2D eigenvalue weighted by molar-refractivity contribution is 6.39. The summed E-state index contributed by atoms with van der Waals surface area (Å²) in [7, 11) is 0. The van der Waals surface area contributed by atoms with E-state index in [1.54, 1.807) is 17.9 Å². The Kier molecular flexibility index (Phi) is 4.97. The van der Waals surface area contributed by atoms with Gasteiger partial charge in [0.25, 0.3) is 0 Å². The second-order valence-corrected chi connectivity index (χ2v) is 6.38. The fraction of sp³-hybridized carbons (Fsp3) is 0.316. The minimum absolute atomic E-state index is 0.270. The number of carbonyl (C=O) groups is 2. The molecule has 3 N–H and O–H groups in total. The lowest BCUT2D eigenvalue weighted by atomic mass is 9.90. The quantitative estimate of drug-likeness (QED) is 0.823. The van der Waals surface area contributed by atoms with Gasteiger partial charge in [-0.15, -0.1) is 0 Å². The van der Waals surface area contributed by atoms with Crippen molar-refractivity contribution >= 4 is 23.3 Å². The van der Waals surface area contributed by atoms with Crippen molar-refractivity contribution in [2.45, 2.75) is 25.7 Å². The Morgan fingerprint density at radius 1 is 1.28 bits per heavy atom. The van der Waals surface area contributed by atoms with Crippen LogP contribution in [0.5, 0.6) is 0 Å². The second-order valence-electron chi connectivity index (χ2n) is 6.38. The minimum atomic E-state index is -0.639. The highest BCUT2D eigenvalue weighted by Gasteiger charge is 2.28. The van der Waals surface area contributed by atoms with E-state index < -0.39 is 11.8 Å². The number of hydrogen-bond donors (Lipinski definition) is 2. The van der Waals surface area contributed by atoms with Crippen molar-refractivity contribution in [2.75, 3.05) is 24.1 Å². The van der Waals surface area contributed by atoms with Crippen LogP contribution in [0.25, 0.3) is 0 Å². The molecule has 6 nitrogen and oxygen atoms in total. The molecule has 0 bridgehead atoms. The second kappa shape index (κ2) is 7.34. The van der Waals surface area contributed by atoms with E-state index >= 15 is 0 Å². The Balaban J connectivity index is 1.65. The zero-order valence-electron chi connectivity index (χ0n) is 14.2. The van der Waals surface area contributed by atoms with E-state index in [1.165, 1.54) is 11.8 Å². The van der Waals surface area contributed by atoms with Gasteiger partial charge in [0.1, 0.15) is 5.82 Å². The maximum atomic E-state index is 12.5. The zero-order valence-corrected chi connectivity index (χ0v) is 14.2. The smallest absolute Gasteiger partial charge is 0.313 e. The number of aryl methyl sites for hydroxylation is 1. The molecule has 3 rings (SSSR count). The molecule has 25 heavy (non-hydrogen) atoms. The molecule has 0 radical (unpaired) electrons. The minimum Gasteiger partial charge on any atom is -0.383 e. The highest BCUT2D eigenvalue weighted by atomic mass is 16.2. The molecule has 1 aromatic carbocycles. The number of nitrogens with zero attached hydrogens (tertiary/aromatic N) is 2. The number of carbonyl (C=O) groups excluding carboxylic acids is 2. The van der Waals surface area contributed by atoms with Crippen LogP contribution in [0.1, 0.15) is 29.9 Å². The van der Waals surface area contributed by atoms with Crippen LogP contribution < -0.4 is 11.1 Å². The summed E-state index contributed by atoms with van der Waals surface area (Å²) in [5.41, 5.74) is 8.11. The number of nitrogens with one attached hydrogen (secondary N) is 1. The molecule has 2 aromatic rings. The van der Waals surface area contributed by atoms with Crippen LogP contribution in [0, 0.1) is 6.92 Å². The Labute approximate surface area is 147 Å². The van der Waals surface area contributed by atoms with Gasteiger partial charge in [0.2, 0.25) is 0 Å². The van der Waals surface area contributed by atoms with Crippen LogP contribution >= 0.6 is 0 Å². The lowest BCUT2D eigenvalue weighted by Gasteiger charge is -2.32. The van der Waals surface area contributed by atoms with E-state index in [4.69, 9.17) is 5.73 Å². The number of nitrogens with two attached hydrogens (primary N) is 1. The molecule has 0 aliphatic carbocycles. The summed E-state index contributed by atoms with van der Waals surface area (Å²) >= 11 is 0. The van der Waals surface area contributed by atoms with Crippen molar-refractivity contribution in [1.29, 1.82) is 0 Å². The average molecular weight is 338 g/mol.